The molecule has 2 rings (SSSR count). The number of fused-ring (bicyclic) bond motifs is 1. The van der Waals surface area contributed by atoms with E-state index in [9.17, 15) is 8.42 Å². The van der Waals surface area contributed by atoms with E-state index in [0.717, 1.165) is 31.1 Å². The number of ether oxygens (including phenoxy) is 1. The Kier molecular flexibility index (Phi) is 10.4. The van der Waals surface area contributed by atoms with Gasteiger partial charge in [0.25, 0.3) is 0 Å². The van der Waals surface area contributed by atoms with Crippen LogP contribution in [0.15, 0.2) is 29.3 Å². The summed E-state index contributed by atoms with van der Waals surface area (Å²) in [5.74, 6) is 1.68. The molecule has 9 heteroatoms. The Hall–Kier alpha value is -1.07. The van der Waals surface area contributed by atoms with Crippen molar-refractivity contribution in [1.29, 1.82) is 0 Å². The van der Waals surface area contributed by atoms with Gasteiger partial charge in [0.1, 0.15) is 11.9 Å². The Morgan fingerprint density at radius 3 is 2.67 bits per heavy atom. The predicted molar refractivity (Wildman–Crippen MR) is 121 cm³/mol. The van der Waals surface area contributed by atoms with E-state index in [1.165, 1.54) is 16.1 Å². The highest BCUT2D eigenvalue weighted by Crippen LogP contribution is 2.28. The molecule has 2 N–H and O–H groups in total. The topological polar surface area (TPSA) is 83.0 Å². The summed E-state index contributed by atoms with van der Waals surface area (Å²) in [6, 6.07) is 8.08. The van der Waals surface area contributed by atoms with Gasteiger partial charge in [-0.25, -0.2) is 17.7 Å². The van der Waals surface area contributed by atoms with Gasteiger partial charge in [0.2, 0.25) is 10.0 Å². The first kappa shape index (κ1) is 24.0. The van der Waals surface area contributed by atoms with Crippen LogP contribution >= 0.6 is 24.0 Å². The van der Waals surface area contributed by atoms with Crippen molar-refractivity contribution in [3.05, 3.63) is 29.8 Å². The molecule has 154 valence electrons. The number of hydrogen-bond acceptors (Lipinski definition) is 4. The molecule has 1 aliphatic heterocycles. The number of hydrogen-bond donors (Lipinski definition) is 2. The zero-order valence-electron chi connectivity index (χ0n) is 16.3. The van der Waals surface area contributed by atoms with Crippen molar-refractivity contribution >= 4 is 40.0 Å². The lowest BCUT2D eigenvalue weighted by atomic mass is 10.1. The van der Waals surface area contributed by atoms with Gasteiger partial charge in [0.05, 0.1) is 12.8 Å². The highest BCUT2D eigenvalue weighted by molar-refractivity contribution is 14.0. The predicted octanol–water partition coefficient (Wildman–Crippen LogP) is 1.83. The quantitative estimate of drug-likeness (QED) is 0.229. The number of halogens is 1. The first-order chi connectivity index (χ1) is 12.4. The molecule has 1 atom stereocenters. The van der Waals surface area contributed by atoms with Crippen molar-refractivity contribution in [2.45, 2.75) is 32.8 Å². The summed E-state index contributed by atoms with van der Waals surface area (Å²) in [5.41, 5.74) is 1.23. The van der Waals surface area contributed by atoms with E-state index in [-0.39, 0.29) is 30.1 Å². The van der Waals surface area contributed by atoms with Gasteiger partial charge in [-0.1, -0.05) is 25.1 Å². The number of benzene rings is 1. The van der Waals surface area contributed by atoms with E-state index in [4.69, 9.17) is 4.74 Å². The van der Waals surface area contributed by atoms with Gasteiger partial charge in [0.15, 0.2) is 5.96 Å². The average molecular weight is 510 g/mol. The largest absolute Gasteiger partial charge is 0.488 e. The van der Waals surface area contributed by atoms with Crippen LogP contribution in [0.4, 0.5) is 0 Å². The molecule has 0 saturated heterocycles. The number of rotatable bonds is 9. The maximum atomic E-state index is 11.6. The van der Waals surface area contributed by atoms with Crippen molar-refractivity contribution in [3.8, 4) is 5.75 Å². The second-order valence-electron chi connectivity index (χ2n) is 6.31. The third-order valence-electron chi connectivity index (χ3n) is 4.21. The van der Waals surface area contributed by atoms with Gasteiger partial charge in [-0.05, 0) is 25.0 Å². The fraction of sp³-hybridized carbons (Fsp3) is 0.611. The first-order valence-electron chi connectivity index (χ1n) is 9.15. The van der Waals surface area contributed by atoms with E-state index >= 15 is 0 Å². The summed E-state index contributed by atoms with van der Waals surface area (Å²) in [6.07, 6.45) is 2.90. The fourth-order valence-corrected chi connectivity index (χ4v) is 3.84. The minimum atomic E-state index is -3.13. The smallest absolute Gasteiger partial charge is 0.211 e. The molecule has 0 saturated carbocycles. The van der Waals surface area contributed by atoms with Crippen molar-refractivity contribution in [2.24, 2.45) is 4.99 Å². The molecule has 0 bridgehead atoms. The van der Waals surface area contributed by atoms with Crippen LogP contribution in [-0.2, 0) is 16.4 Å². The van der Waals surface area contributed by atoms with E-state index < -0.39 is 10.0 Å². The Labute approximate surface area is 180 Å². The van der Waals surface area contributed by atoms with Crippen molar-refractivity contribution in [2.75, 3.05) is 39.0 Å². The molecule has 0 aromatic heterocycles. The normalized spacial score (nSPS) is 16.4. The van der Waals surface area contributed by atoms with Crippen LogP contribution in [0, 0.1) is 0 Å². The van der Waals surface area contributed by atoms with Gasteiger partial charge in [0, 0.05) is 32.6 Å². The standard InChI is InChI=1S/C18H30N4O3S.HI/c1-4-19-18(20-11-8-12-22(5-2)26(3,23)24)21-14-16-13-15-9-6-7-10-17(15)25-16;/h6-7,9-10,16H,4-5,8,11-14H2,1-3H3,(H2,19,20,21);1H. The summed E-state index contributed by atoms with van der Waals surface area (Å²) < 4.78 is 30.6. The molecule has 7 nitrogen and oxygen atoms in total. The van der Waals surface area contributed by atoms with Crippen LogP contribution in [0.1, 0.15) is 25.8 Å². The van der Waals surface area contributed by atoms with Gasteiger partial charge in [-0.2, -0.15) is 0 Å². The summed E-state index contributed by atoms with van der Waals surface area (Å²) in [6.45, 7) is 6.86. The lowest BCUT2D eigenvalue weighted by Crippen LogP contribution is -2.40. The van der Waals surface area contributed by atoms with E-state index in [1.807, 2.05) is 32.0 Å². The van der Waals surface area contributed by atoms with Gasteiger partial charge in [-0.3, -0.25) is 0 Å². The molecule has 1 unspecified atom stereocenters. The Balaban J connectivity index is 0.00000364. The lowest BCUT2D eigenvalue weighted by molar-refractivity contribution is 0.241. The molecule has 1 aromatic rings. The molecule has 1 heterocycles. The number of sulfonamides is 1. The molecule has 1 aromatic carbocycles. The number of nitrogens with zero attached hydrogens (tertiary/aromatic N) is 2. The second-order valence-corrected chi connectivity index (χ2v) is 8.29. The molecule has 0 fully saturated rings. The molecule has 0 radical (unpaired) electrons. The molecule has 0 amide bonds. The van der Waals surface area contributed by atoms with Gasteiger partial charge < -0.3 is 15.4 Å². The maximum Gasteiger partial charge on any atom is 0.211 e. The summed E-state index contributed by atoms with van der Waals surface area (Å²) in [7, 11) is -3.13. The first-order valence-corrected chi connectivity index (χ1v) is 11.0. The number of nitrogens with one attached hydrogen (secondary N) is 2. The third-order valence-corrected chi connectivity index (χ3v) is 5.59. The monoisotopic (exact) mass is 510 g/mol. The number of para-hydroxylation sites is 1. The average Bonchev–Trinajstić information content (AvgIpc) is 3.01. The van der Waals surface area contributed by atoms with Crippen LogP contribution < -0.4 is 15.4 Å². The Morgan fingerprint density at radius 2 is 2.04 bits per heavy atom. The third kappa shape index (κ3) is 7.82. The number of aliphatic imine (C=N–C) groups is 1. The Bertz CT molecular complexity index is 687. The molecule has 1 aliphatic rings. The summed E-state index contributed by atoms with van der Waals surface area (Å²) in [4.78, 5) is 4.60. The van der Waals surface area contributed by atoms with Crippen LogP contribution in [-0.4, -0.2) is 63.8 Å². The zero-order valence-corrected chi connectivity index (χ0v) is 19.4. The van der Waals surface area contributed by atoms with Gasteiger partial charge >= 0.3 is 0 Å². The summed E-state index contributed by atoms with van der Waals surface area (Å²) >= 11 is 0. The van der Waals surface area contributed by atoms with Crippen molar-refractivity contribution in [3.63, 3.8) is 0 Å². The number of guanidine groups is 1. The molecule has 27 heavy (non-hydrogen) atoms. The highest BCUT2D eigenvalue weighted by atomic mass is 127. The molecule has 0 spiro atoms. The minimum Gasteiger partial charge on any atom is -0.488 e. The van der Waals surface area contributed by atoms with E-state index in [2.05, 4.69) is 21.7 Å². The second kappa shape index (κ2) is 11.7. The fourth-order valence-electron chi connectivity index (χ4n) is 2.91. The maximum absolute atomic E-state index is 11.6. The zero-order chi connectivity index (χ0) is 19.0. The Morgan fingerprint density at radius 1 is 1.30 bits per heavy atom. The van der Waals surface area contributed by atoms with Crippen molar-refractivity contribution in [1.82, 2.24) is 14.9 Å². The molecular formula is C18H31IN4O3S. The van der Waals surface area contributed by atoms with Gasteiger partial charge in [-0.15, -0.1) is 24.0 Å². The van der Waals surface area contributed by atoms with E-state index in [1.54, 1.807) is 0 Å². The minimum absolute atomic E-state index is 0. The van der Waals surface area contributed by atoms with E-state index in [0.29, 0.717) is 26.2 Å². The molecular weight excluding hydrogens is 479 g/mol. The lowest BCUT2D eigenvalue weighted by Gasteiger charge is -2.18. The van der Waals surface area contributed by atoms with Crippen LogP contribution in [0.5, 0.6) is 5.75 Å². The molecule has 0 aliphatic carbocycles. The van der Waals surface area contributed by atoms with Crippen LogP contribution in [0.3, 0.4) is 0 Å². The summed E-state index contributed by atoms with van der Waals surface area (Å²) in [5, 5.41) is 6.47. The highest BCUT2D eigenvalue weighted by Gasteiger charge is 2.22. The van der Waals surface area contributed by atoms with Crippen LogP contribution in [0.2, 0.25) is 0 Å². The van der Waals surface area contributed by atoms with Crippen molar-refractivity contribution < 1.29 is 13.2 Å². The SMILES string of the molecule is CCNC(=NCC1Cc2ccccc2O1)NCCCN(CC)S(C)(=O)=O.I. The van der Waals surface area contributed by atoms with Crippen LogP contribution in [0.25, 0.3) is 0 Å².